The molecule has 102 valence electrons. The second-order valence-electron chi connectivity index (χ2n) is 7.15. The molecule has 3 saturated carbocycles. The summed E-state index contributed by atoms with van der Waals surface area (Å²) in [5.74, 6) is 4.47. The van der Waals surface area contributed by atoms with Gasteiger partial charge in [-0.2, -0.15) is 0 Å². The van der Waals surface area contributed by atoms with Crippen LogP contribution < -0.4 is 0 Å². The molecule has 19 heavy (non-hydrogen) atoms. The van der Waals surface area contributed by atoms with Crippen LogP contribution in [0, 0.1) is 29.6 Å². The number of ketones is 2. The van der Waals surface area contributed by atoms with Crippen molar-refractivity contribution in [2.45, 2.75) is 51.4 Å². The Balaban J connectivity index is 1.61. The topological polar surface area (TPSA) is 34.1 Å². The molecule has 4 aliphatic rings. The first kappa shape index (κ1) is 11.9. The standard InChI is InChI=1S/C17H22O2/c18-12-3-6-14-10(7-12)1-5-16-15(14)4-2-11-8-13(19)9-17(11)16/h7,11,14-17H,1-6,8-9H2/t11-,14+,15?,16-,17?/m0/s1. The van der Waals surface area contributed by atoms with Gasteiger partial charge in [-0.3, -0.25) is 9.59 Å². The van der Waals surface area contributed by atoms with Gasteiger partial charge in [-0.05, 0) is 67.8 Å². The summed E-state index contributed by atoms with van der Waals surface area (Å²) in [5, 5.41) is 0. The summed E-state index contributed by atoms with van der Waals surface area (Å²) in [6.45, 7) is 0. The quantitative estimate of drug-likeness (QED) is 0.668. The van der Waals surface area contributed by atoms with Crippen LogP contribution in [0.2, 0.25) is 0 Å². The molecule has 0 aromatic carbocycles. The molecule has 3 fully saturated rings. The van der Waals surface area contributed by atoms with E-state index in [4.69, 9.17) is 0 Å². The van der Waals surface area contributed by atoms with Crippen molar-refractivity contribution < 1.29 is 9.59 Å². The van der Waals surface area contributed by atoms with Crippen LogP contribution in [0.1, 0.15) is 51.4 Å². The molecule has 0 saturated heterocycles. The molecule has 4 rings (SSSR count). The number of carbonyl (C=O) groups excluding carboxylic acids is 2. The lowest BCUT2D eigenvalue weighted by Crippen LogP contribution is -2.40. The first-order chi connectivity index (χ1) is 9.22. The van der Waals surface area contributed by atoms with Crippen LogP contribution >= 0.6 is 0 Å². The summed E-state index contributed by atoms with van der Waals surface area (Å²) in [6.07, 6.45) is 10.4. The molecular formula is C17H22O2. The number of carbonyl (C=O) groups is 2. The third-order valence-corrected chi connectivity index (χ3v) is 6.34. The SMILES string of the molecule is O=C1C=C2CC[C@@H]3C4CC(=O)C[C@@H]4CCC3[C@@H]2CC1. The van der Waals surface area contributed by atoms with Gasteiger partial charge >= 0.3 is 0 Å². The molecule has 0 radical (unpaired) electrons. The fourth-order valence-electron chi connectivity index (χ4n) is 5.59. The van der Waals surface area contributed by atoms with Gasteiger partial charge in [0.2, 0.25) is 0 Å². The largest absolute Gasteiger partial charge is 0.300 e. The van der Waals surface area contributed by atoms with Crippen molar-refractivity contribution >= 4 is 11.6 Å². The molecule has 5 atom stereocenters. The third kappa shape index (κ3) is 1.83. The number of fused-ring (bicyclic) bond motifs is 5. The van der Waals surface area contributed by atoms with Crippen molar-refractivity contribution in [3.63, 3.8) is 0 Å². The van der Waals surface area contributed by atoms with Gasteiger partial charge in [0, 0.05) is 19.3 Å². The first-order valence-electron chi connectivity index (χ1n) is 7.97. The smallest absolute Gasteiger partial charge is 0.155 e. The van der Waals surface area contributed by atoms with E-state index >= 15 is 0 Å². The van der Waals surface area contributed by atoms with Gasteiger partial charge in [-0.1, -0.05) is 5.57 Å². The number of hydrogen-bond donors (Lipinski definition) is 0. The molecule has 0 amide bonds. The Kier molecular flexibility index (Phi) is 2.68. The zero-order valence-electron chi connectivity index (χ0n) is 11.4. The highest BCUT2D eigenvalue weighted by molar-refractivity contribution is 5.91. The van der Waals surface area contributed by atoms with Crippen molar-refractivity contribution in [2.24, 2.45) is 29.6 Å². The molecule has 0 N–H and O–H groups in total. The Labute approximate surface area is 114 Å². The first-order valence-corrected chi connectivity index (χ1v) is 7.97. The van der Waals surface area contributed by atoms with E-state index in [-0.39, 0.29) is 0 Å². The molecule has 2 unspecified atom stereocenters. The van der Waals surface area contributed by atoms with E-state index in [9.17, 15) is 9.59 Å². The van der Waals surface area contributed by atoms with E-state index in [1.54, 1.807) is 0 Å². The summed E-state index contributed by atoms with van der Waals surface area (Å²) in [6, 6.07) is 0. The normalized spacial score (nSPS) is 45.3. The van der Waals surface area contributed by atoms with Gasteiger partial charge in [0.25, 0.3) is 0 Å². The van der Waals surface area contributed by atoms with Crippen LogP contribution in [0.4, 0.5) is 0 Å². The van der Waals surface area contributed by atoms with E-state index in [1.165, 1.54) is 24.8 Å². The monoisotopic (exact) mass is 258 g/mol. The van der Waals surface area contributed by atoms with Crippen LogP contribution in [0.5, 0.6) is 0 Å². The third-order valence-electron chi connectivity index (χ3n) is 6.34. The Morgan fingerprint density at radius 3 is 2.63 bits per heavy atom. The minimum Gasteiger partial charge on any atom is -0.300 e. The molecule has 0 aromatic rings. The van der Waals surface area contributed by atoms with Crippen molar-refractivity contribution in [2.75, 3.05) is 0 Å². The second kappa shape index (κ2) is 4.29. The minimum absolute atomic E-state index is 0.342. The zero-order valence-corrected chi connectivity index (χ0v) is 11.4. The summed E-state index contributed by atoms with van der Waals surface area (Å²) in [5.41, 5.74) is 1.44. The lowest BCUT2D eigenvalue weighted by atomic mass is 9.56. The molecule has 2 nitrogen and oxygen atoms in total. The fourth-order valence-corrected chi connectivity index (χ4v) is 5.59. The maximum Gasteiger partial charge on any atom is 0.155 e. The van der Waals surface area contributed by atoms with Crippen molar-refractivity contribution in [1.82, 2.24) is 0 Å². The van der Waals surface area contributed by atoms with Gasteiger partial charge in [0.1, 0.15) is 5.78 Å². The van der Waals surface area contributed by atoms with Gasteiger partial charge in [0.05, 0.1) is 0 Å². The van der Waals surface area contributed by atoms with Gasteiger partial charge in [-0.15, -0.1) is 0 Å². The molecule has 0 heterocycles. The predicted octanol–water partition coefficient (Wildman–Crippen LogP) is 3.31. The van der Waals surface area contributed by atoms with Crippen LogP contribution in [0.15, 0.2) is 11.6 Å². The van der Waals surface area contributed by atoms with Crippen LogP contribution in [-0.2, 0) is 9.59 Å². The van der Waals surface area contributed by atoms with Gasteiger partial charge < -0.3 is 0 Å². The van der Waals surface area contributed by atoms with Crippen molar-refractivity contribution in [3.8, 4) is 0 Å². The highest BCUT2D eigenvalue weighted by Crippen LogP contribution is 2.55. The lowest BCUT2D eigenvalue weighted by Gasteiger charge is -2.48. The highest BCUT2D eigenvalue weighted by atomic mass is 16.1. The fraction of sp³-hybridized carbons (Fsp3) is 0.765. The molecule has 4 aliphatic carbocycles. The van der Waals surface area contributed by atoms with E-state index in [0.717, 1.165) is 43.9 Å². The number of allylic oxidation sites excluding steroid dienone is 1. The molecule has 0 spiro atoms. The van der Waals surface area contributed by atoms with Crippen molar-refractivity contribution in [1.29, 1.82) is 0 Å². The van der Waals surface area contributed by atoms with E-state index in [2.05, 4.69) is 0 Å². The number of Topliss-reactive ketones (excluding diaryl/α,β-unsaturated/α-hetero) is 1. The van der Waals surface area contributed by atoms with Crippen LogP contribution in [0.25, 0.3) is 0 Å². The second-order valence-corrected chi connectivity index (χ2v) is 7.15. The molecule has 0 aromatic heterocycles. The van der Waals surface area contributed by atoms with E-state index in [0.29, 0.717) is 29.3 Å². The van der Waals surface area contributed by atoms with Gasteiger partial charge in [-0.25, -0.2) is 0 Å². The maximum absolute atomic E-state index is 11.8. The van der Waals surface area contributed by atoms with E-state index in [1.807, 2.05) is 6.08 Å². The summed E-state index contributed by atoms with van der Waals surface area (Å²) < 4.78 is 0. The van der Waals surface area contributed by atoms with Gasteiger partial charge in [0.15, 0.2) is 5.78 Å². The Morgan fingerprint density at radius 2 is 1.74 bits per heavy atom. The average molecular weight is 258 g/mol. The lowest BCUT2D eigenvalue weighted by molar-refractivity contribution is -0.118. The average Bonchev–Trinajstić information content (AvgIpc) is 2.78. The summed E-state index contributed by atoms with van der Waals surface area (Å²) >= 11 is 0. The van der Waals surface area contributed by atoms with Crippen molar-refractivity contribution in [3.05, 3.63) is 11.6 Å². The van der Waals surface area contributed by atoms with E-state index < -0.39 is 0 Å². The Morgan fingerprint density at radius 1 is 0.842 bits per heavy atom. The van der Waals surface area contributed by atoms with Crippen LogP contribution in [-0.4, -0.2) is 11.6 Å². The molecule has 0 bridgehead atoms. The summed E-state index contributed by atoms with van der Waals surface area (Å²) in [7, 11) is 0. The summed E-state index contributed by atoms with van der Waals surface area (Å²) in [4.78, 5) is 23.3. The molecular weight excluding hydrogens is 236 g/mol. The predicted molar refractivity (Wildman–Crippen MR) is 72.5 cm³/mol. The maximum atomic E-state index is 11.8. The molecule has 0 aliphatic heterocycles. The Hall–Kier alpha value is -0.920. The molecule has 2 heteroatoms. The minimum atomic E-state index is 0.342. The number of hydrogen-bond acceptors (Lipinski definition) is 2. The number of rotatable bonds is 0. The zero-order chi connectivity index (χ0) is 13.0. The highest BCUT2D eigenvalue weighted by Gasteiger charge is 2.49. The Bertz CT molecular complexity index is 462. The van der Waals surface area contributed by atoms with Crippen LogP contribution in [0.3, 0.4) is 0 Å².